The molecule has 0 amide bonds. The van der Waals surface area contributed by atoms with Gasteiger partial charge in [0.05, 0.1) is 5.69 Å². The predicted molar refractivity (Wildman–Crippen MR) is 76.2 cm³/mol. The highest BCUT2D eigenvalue weighted by atomic mass is 16.4. The summed E-state index contributed by atoms with van der Waals surface area (Å²) in [6.45, 7) is 0. The molecule has 0 radical (unpaired) electrons. The summed E-state index contributed by atoms with van der Waals surface area (Å²) >= 11 is 0. The zero-order chi connectivity index (χ0) is 13.9. The molecule has 5 heteroatoms. The van der Waals surface area contributed by atoms with Gasteiger partial charge in [-0.2, -0.15) is 0 Å². The molecule has 0 aromatic carbocycles. The first kappa shape index (κ1) is 12.1. The minimum Gasteiger partial charge on any atom is -0.477 e. The summed E-state index contributed by atoms with van der Waals surface area (Å²) in [5, 5.41) is 9.81. The lowest BCUT2D eigenvalue weighted by molar-refractivity contribution is 0.0691. The highest BCUT2D eigenvalue weighted by Crippen LogP contribution is 2.12. The fourth-order valence-electron chi connectivity index (χ4n) is 1.87. The number of pyridine rings is 2. The van der Waals surface area contributed by atoms with Gasteiger partial charge in [-0.15, -0.1) is 0 Å². The maximum Gasteiger partial charge on any atom is 0.352 e. The van der Waals surface area contributed by atoms with E-state index in [1.54, 1.807) is 24.5 Å². The fraction of sp³-hybridized carbons (Fsp3) is 0. The number of aromatic amines is 1. The second-order valence-electron chi connectivity index (χ2n) is 4.27. The van der Waals surface area contributed by atoms with Gasteiger partial charge >= 0.3 is 5.97 Å². The molecule has 3 aromatic heterocycles. The largest absolute Gasteiger partial charge is 0.477 e. The van der Waals surface area contributed by atoms with E-state index in [4.69, 9.17) is 5.11 Å². The number of H-pyrrole nitrogens is 1. The number of aromatic nitrogens is 3. The number of nitrogens with zero attached hydrogens (tertiary/aromatic N) is 2. The third-order valence-electron chi connectivity index (χ3n) is 2.87. The maximum absolute atomic E-state index is 10.8. The SMILES string of the molecule is O=C(O)c1cc(C=Cc2ccc3cccnc3n2)c[nH]1. The van der Waals surface area contributed by atoms with Crippen molar-refractivity contribution in [1.82, 2.24) is 15.0 Å². The van der Waals surface area contributed by atoms with Gasteiger partial charge in [0, 0.05) is 17.8 Å². The average Bonchev–Trinajstić information content (AvgIpc) is 2.94. The quantitative estimate of drug-likeness (QED) is 0.763. The topological polar surface area (TPSA) is 78.9 Å². The van der Waals surface area contributed by atoms with E-state index in [1.165, 1.54) is 0 Å². The highest BCUT2D eigenvalue weighted by molar-refractivity contribution is 5.87. The van der Waals surface area contributed by atoms with Crippen molar-refractivity contribution in [2.45, 2.75) is 0 Å². The van der Waals surface area contributed by atoms with Crippen LogP contribution in [0.1, 0.15) is 21.7 Å². The van der Waals surface area contributed by atoms with Crippen LogP contribution >= 0.6 is 0 Å². The van der Waals surface area contributed by atoms with E-state index in [0.29, 0.717) is 5.65 Å². The van der Waals surface area contributed by atoms with E-state index < -0.39 is 5.97 Å². The van der Waals surface area contributed by atoms with Crippen LogP contribution in [0.4, 0.5) is 0 Å². The van der Waals surface area contributed by atoms with Crippen LogP contribution in [0.15, 0.2) is 42.7 Å². The Morgan fingerprint density at radius 3 is 2.95 bits per heavy atom. The van der Waals surface area contributed by atoms with Gasteiger partial charge in [0.1, 0.15) is 5.69 Å². The molecule has 0 atom stereocenters. The number of carbonyl (C=O) groups is 1. The number of hydrogen-bond donors (Lipinski definition) is 2. The molecule has 0 saturated heterocycles. The number of carboxylic acids is 1. The zero-order valence-electron chi connectivity index (χ0n) is 10.4. The van der Waals surface area contributed by atoms with Crippen LogP contribution in [0.3, 0.4) is 0 Å². The van der Waals surface area contributed by atoms with Crippen molar-refractivity contribution in [3.05, 3.63) is 59.7 Å². The van der Waals surface area contributed by atoms with E-state index in [9.17, 15) is 4.79 Å². The molecule has 0 aliphatic rings. The van der Waals surface area contributed by atoms with Crippen molar-refractivity contribution in [2.24, 2.45) is 0 Å². The van der Waals surface area contributed by atoms with Crippen LogP contribution in [0, 0.1) is 0 Å². The van der Waals surface area contributed by atoms with Crippen molar-refractivity contribution < 1.29 is 9.90 Å². The van der Waals surface area contributed by atoms with Crippen molar-refractivity contribution >= 4 is 29.2 Å². The molecule has 0 aliphatic heterocycles. The first-order valence-corrected chi connectivity index (χ1v) is 6.04. The minimum absolute atomic E-state index is 0.165. The fourth-order valence-corrected chi connectivity index (χ4v) is 1.87. The van der Waals surface area contributed by atoms with Crippen LogP contribution in [0.2, 0.25) is 0 Å². The first-order chi connectivity index (χ1) is 9.72. The molecule has 3 heterocycles. The van der Waals surface area contributed by atoms with Gasteiger partial charge in [0.2, 0.25) is 0 Å². The second-order valence-corrected chi connectivity index (χ2v) is 4.27. The van der Waals surface area contributed by atoms with Gasteiger partial charge in [-0.25, -0.2) is 14.8 Å². The lowest BCUT2D eigenvalue weighted by Gasteiger charge is -1.96. The van der Waals surface area contributed by atoms with E-state index in [0.717, 1.165) is 16.6 Å². The molecule has 0 spiro atoms. The first-order valence-electron chi connectivity index (χ1n) is 6.04. The molecule has 5 nitrogen and oxygen atoms in total. The lowest BCUT2D eigenvalue weighted by Crippen LogP contribution is -1.94. The Morgan fingerprint density at radius 2 is 2.15 bits per heavy atom. The van der Waals surface area contributed by atoms with Crippen LogP contribution in [0.25, 0.3) is 23.2 Å². The van der Waals surface area contributed by atoms with E-state index >= 15 is 0 Å². The third kappa shape index (κ3) is 2.42. The molecule has 98 valence electrons. The van der Waals surface area contributed by atoms with Crippen molar-refractivity contribution in [3.63, 3.8) is 0 Å². The summed E-state index contributed by atoms with van der Waals surface area (Å²) in [5.74, 6) is -0.974. The van der Waals surface area contributed by atoms with E-state index in [1.807, 2.05) is 30.3 Å². The van der Waals surface area contributed by atoms with Crippen molar-refractivity contribution in [1.29, 1.82) is 0 Å². The molecule has 2 N–H and O–H groups in total. The van der Waals surface area contributed by atoms with E-state index in [2.05, 4.69) is 15.0 Å². The Hall–Kier alpha value is -2.95. The minimum atomic E-state index is -0.974. The molecule has 0 saturated carbocycles. The van der Waals surface area contributed by atoms with E-state index in [-0.39, 0.29) is 5.69 Å². The summed E-state index contributed by atoms with van der Waals surface area (Å²) in [5.41, 5.74) is 2.41. The molecule has 0 bridgehead atoms. The molecular formula is C15H11N3O2. The molecule has 3 rings (SSSR count). The standard InChI is InChI=1S/C15H11N3O2/c19-15(20)13-8-10(9-17-13)3-5-12-6-4-11-2-1-7-16-14(11)18-12/h1-9,17H,(H,19,20). The van der Waals surface area contributed by atoms with Crippen molar-refractivity contribution in [2.75, 3.05) is 0 Å². The predicted octanol–water partition coefficient (Wildman–Crippen LogP) is 2.83. The maximum atomic E-state index is 10.8. The summed E-state index contributed by atoms with van der Waals surface area (Å²) < 4.78 is 0. The molecule has 3 aromatic rings. The Bertz CT molecular complexity index is 805. The van der Waals surface area contributed by atoms with Gasteiger partial charge in [-0.1, -0.05) is 6.08 Å². The number of nitrogens with one attached hydrogen (secondary N) is 1. The number of carboxylic acid groups (broad SMARTS) is 1. The average molecular weight is 265 g/mol. The normalized spacial score (nSPS) is 11.2. The van der Waals surface area contributed by atoms with Crippen LogP contribution in [-0.4, -0.2) is 26.0 Å². The van der Waals surface area contributed by atoms with Crippen LogP contribution in [0.5, 0.6) is 0 Å². The second kappa shape index (κ2) is 4.97. The Kier molecular flexibility index (Phi) is 3.01. The van der Waals surface area contributed by atoms with Crippen LogP contribution < -0.4 is 0 Å². The van der Waals surface area contributed by atoms with Gasteiger partial charge in [0.15, 0.2) is 5.65 Å². The monoisotopic (exact) mass is 265 g/mol. The van der Waals surface area contributed by atoms with Gasteiger partial charge < -0.3 is 10.1 Å². The molecule has 0 fully saturated rings. The zero-order valence-corrected chi connectivity index (χ0v) is 10.4. The Labute approximate surface area is 114 Å². The number of hydrogen-bond acceptors (Lipinski definition) is 3. The Balaban J connectivity index is 1.87. The number of rotatable bonds is 3. The Morgan fingerprint density at radius 1 is 1.25 bits per heavy atom. The summed E-state index contributed by atoms with van der Waals surface area (Å²) in [6.07, 6.45) is 6.97. The van der Waals surface area contributed by atoms with Gasteiger partial charge in [0.25, 0.3) is 0 Å². The third-order valence-corrected chi connectivity index (χ3v) is 2.87. The molecule has 20 heavy (non-hydrogen) atoms. The number of aromatic carboxylic acids is 1. The van der Waals surface area contributed by atoms with Gasteiger partial charge in [-0.05, 0) is 42.0 Å². The highest BCUT2D eigenvalue weighted by Gasteiger charge is 2.03. The summed E-state index contributed by atoms with van der Waals surface area (Å²) in [7, 11) is 0. The van der Waals surface area contributed by atoms with Crippen LogP contribution in [-0.2, 0) is 0 Å². The summed E-state index contributed by atoms with van der Waals surface area (Å²) in [4.78, 5) is 22.0. The van der Waals surface area contributed by atoms with Crippen molar-refractivity contribution in [3.8, 4) is 0 Å². The smallest absolute Gasteiger partial charge is 0.352 e. The molecular weight excluding hydrogens is 254 g/mol. The van der Waals surface area contributed by atoms with Gasteiger partial charge in [-0.3, -0.25) is 0 Å². The lowest BCUT2D eigenvalue weighted by atomic mass is 10.2. The number of fused-ring (bicyclic) bond motifs is 1. The summed E-state index contributed by atoms with van der Waals surface area (Å²) in [6, 6.07) is 9.24. The molecule has 0 aliphatic carbocycles. The molecule has 0 unspecified atom stereocenters.